The van der Waals surface area contributed by atoms with E-state index in [2.05, 4.69) is 15.8 Å². The van der Waals surface area contributed by atoms with Crippen LogP contribution in [0.3, 0.4) is 0 Å². The van der Waals surface area contributed by atoms with Gasteiger partial charge in [0, 0.05) is 23.2 Å². The summed E-state index contributed by atoms with van der Waals surface area (Å²) in [5.41, 5.74) is 4.92. The molecule has 1 fully saturated rings. The number of nitro groups is 1. The van der Waals surface area contributed by atoms with Gasteiger partial charge in [-0.05, 0) is 38.9 Å². The van der Waals surface area contributed by atoms with E-state index >= 15 is 0 Å². The summed E-state index contributed by atoms with van der Waals surface area (Å²) in [6.45, 7) is 3.51. The zero-order valence-electron chi connectivity index (χ0n) is 13.5. The van der Waals surface area contributed by atoms with Gasteiger partial charge in [-0.2, -0.15) is 5.10 Å². The number of nitrogens with one attached hydrogen (secondary N) is 2. The summed E-state index contributed by atoms with van der Waals surface area (Å²) in [6.07, 6.45) is 6.02. The Kier molecular flexibility index (Phi) is 6.04. The van der Waals surface area contributed by atoms with Gasteiger partial charge in [-0.1, -0.05) is 31.4 Å². The van der Waals surface area contributed by atoms with Crippen molar-refractivity contribution in [2.75, 3.05) is 0 Å². The highest BCUT2D eigenvalue weighted by atomic mass is 32.1. The summed E-state index contributed by atoms with van der Waals surface area (Å²) in [5.74, 6) is 0. The molecule has 2 rings (SSSR count). The Hall–Kier alpha value is -2.02. The molecule has 124 valence electrons. The number of benzene rings is 1. The molecule has 1 aliphatic rings. The van der Waals surface area contributed by atoms with Crippen LogP contribution < -0.4 is 10.7 Å². The average molecular weight is 334 g/mol. The minimum absolute atomic E-state index is 0.0972. The van der Waals surface area contributed by atoms with Gasteiger partial charge < -0.3 is 5.32 Å². The van der Waals surface area contributed by atoms with Crippen LogP contribution in [0.2, 0.25) is 0 Å². The molecular weight excluding hydrogens is 312 g/mol. The van der Waals surface area contributed by atoms with E-state index in [1.807, 2.05) is 6.07 Å². The van der Waals surface area contributed by atoms with Crippen LogP contribution in [-0.2, 0) is 0 Å². The topological polar surface area (TPSA) is 79.6 Å². The quantitative estimate of drug-likeness (QED) is 0.382. The first-order valence-electron chi connectivity index (χ1n) is 7.83. The summed E-state index contributed by atoms with van der Waals surface area (Å²) in [5, 5.41) is 19.0. The molecule has 0 heterocycles. The van der Waals surface area contributed by atoms with Gasteiger partial charge in [-0.15, -0.1) is 0 Å². The highest BCUT2D eigenvalue weighted by molar-refractivity contribution is 7.80. The predicted molar refractivity (Wildman–Crippen MR) is 95.8 cm³/mol. The zero-order chi connectivity index (χ0) is 16.8. The largest absolute Gasteiger partial charge is 0.359 e. The lowest BCUT2D eigenvalue weighted by atomic mass is 9.96. The lowest BCUT2D eigenvalue weighted by molar-refractivity contribution is -0.385. The molecule has 0 atom stereocenters. The number of aryl methyl sites for hydroxylation is 1. The molecule has 0 saturated heterocycles. The molecule has 6 nitrogen and oxygen atoms in total. The Bertz CT molecular complexity index is 625. The minimum atomic E-state index is -0.380. The van der Waals surface area contributed by atoms with Crippen LogP contribution in [0.1, 0.15) is 50.2 Å². The third-order valence-corrected chi connectivity index (χ3v) is 4.30. The van der Waals surface area contributed by atoms with Crippen molar-refractivity contribution in [3.8, 4) is 0 Å². The molecular formula is C16H22N4O2S. The standard InChI is InChI=1S/C16H22N4O2S/c1-11-8-9-13(10-15(11)20(21)22)12(2)18-19-16(23)17-14-6-4-3-5-7-14/h8-10,14H,3-7H2,1-2H3,(H2,17,19,23)/b18-12+. The van der Waals surface area contributed by atoms with Crippen molar-refractivity contribution < 1.29 is 4.92 Å². The van der Waals surface area contributed by atoms with Crippen LogP contribution in [0.25, 0.3) is 0 Å². The SMILES string of the molecule is C/C(=N\NC(=S)NC1CCCCC1)c1ccc(C)c([N+](=O)[O-])c1. The van der Waals surface area contributed by atoms with Crippen molar-refractivity contribution in [3.63, 3.8) is 0 Å². The van der Waals surface area contributed by atoms with Gasteiger partial charge in [0.2, 0.25) is 0 Å². The maximum Gasteiger partial charge on any atom is 0.272 e. The molecule has 0 amide bonds. The van der Waals surface area contributed by atoms with E-state index in [0.717, 1.165) is 12.8 Å². The number of rotatable bonds is 4. The number of thiocarbonyl (C=S) groups is 1. The normalized spacial score (nSPS) is 16.0. The molecule has 0 spiro atoms. The van der Waals surface area contributed by atoms with Crippen LogP contribution in [0, 0.1) is 17.0 Å². The second kappa shape index (κ2) is 8.01. The van der Waals surface area contributed by atoms with Gasteiger partial charge in [0.15, 0.2) is 5.11 Å². The van der Waals surface area contributed by atoms with Gasteiger partial charge >= 0.3 is 0 Å². The Balaban J connectivity index is 1.97. The van der Waals surface area contributed by atoms with Crippen molar-refractivity contribution in [1.82, 2.24) is 10.7 Å². The fraction of sp³-hybridized carbons (Fsp3) is 0.500. The first-order chi connectivity index (χ1) is 11.0. The third-order valence-electron chi connectivity index (χ3n) is 4.09. The second-order valence-electron chi connectivity index (χ2n) is 5.88. The molecule has 2 N–H and O–H groups in total. The monoisotopic (exact) mass is 334 g/mol. The van der Waals surface area contributed by atoms with Crippen LogP contribution in [-0.4, -0.2) is 21.8 Å². The molecule has 1 aliphatic carbocycles. The molecule has 0 aliphatic heterocycles. The van der Waals surface area contributed by atoms with E-state index < -0.39 is 0 Å². The van der Waals surface area contributed by atoms with E-state index in [9.17, 15) is 10.1 Å². The van der Waals surface area contributed by atoms with E-state index in [1.54, 1.807) is 19.9 Å². The van der Waals surface area contributed by atoms with Gasteiger partial charge in [0.1, 0.15) is 0 Å². The van der Waals surface area contributed by atoms with Gasteiger partial charge in [0.25, 0.3) is 5.69 Å². The number of hydrogen-bond donors (Lipinski definition) is 2. The average Bonchev–Trinajstić information content (AvgIpc) is 2.53. The highest BCUT2D eigenvalue weighted by Gasteiger charge is 2.14. The van der Waals surface area contributed by atoms with Gasteiger partial charge in [-0.3, -0.25) is 15.5 Å². The van der Waals surface area contributed by atoms with Crippen LogP contribution in [0.4, 0.5) is 5.69 Å². The minimum Gasteiger partial charge on any atom is -0.359 e. The Morgan fingerprint density at radius 1 is 1.35 bits per heavy atom. The number of nitrogens with zero attached hydrogens (tertiary/aromatic N) is 2. The summed E-state index contributed by atoms with van der Waals surface area (Å²) in [7, 11) is 0. The molecule has 0 radical (unpaired) electrons. The van der Waals surface area contributed by atoms with Crippen molar-refractivity contribution in [1.29, 1.82) is 0 Å². The number of hydrogen-bond acceptors (Lipinski definition) is 4. The lowest BCUT2D eigenvalue weighted by Gasteiger charge is -2.23. The summed E-state index contributed by atoms with van der Waals surface area (Å²) in [6, 6.07) is 5.50. The number of hydrazone groups is 1. The Morgan fingerprint density at radius 2 is 2.04 bits per heavy atom. The fourth-order valence-corrected chi connectivity index (χ4v) is 2.91. The van der Waals surface area contributed by atoms with Crippen LogP contribution >= 0.6 is 12.2 Å². The smallest absolute Gasteiger partial charge is 0.272 e. The Morgan fingerprint density at radius 3 is 2.70 bits per heavy atom. The molecule has 1 aromatic rings. The maximum atomic E-state index is 11.0. The third kappa shape index (κ3) is 4.99. The Labute approximate surface area is 141 Å². The lowest BCUT2D eigenvalue weighted by Crippen LogP contribution is -2.41. The molecule has 23 heavy (non-hydrogen) atoms. The number of nitro benzene ring substituents is 1. The molecule has 1 saturated carbocycles. The first kappa shape index (κ1) is 17.3. The van der Waals surface area contributed by atoms with Crippen molar-refractivity contribution in [2.24, 2.45) is 5.10 Å². The summed E-state index contributed by atoms with van der Waals surface area (Å²) < 4.78 is 0. The maximum absolute atomic E-state index is 11.0. The van der Waals surface area contributed by atoms with Gasteiger partial charge in [-0.25, -0.2) is 0 Å². The summed E-state index contributed by atoms with van der Waals surface area (Å²) >= 11 is 5.25. The first-order valence-corrected chi connectivity index (χ1v) is 8.24. The van der Waals surface area contributed by atoms with Crippen LogP contribution in [0.5, 0.6) is 0 Å². The molecule has 0 unspecified atom stereocenters. The van der Waals surface area contributed by atoms with E-state index in [1.165, 1.54) is 25.3 Å². The van der Waals surface area contributed by atoms with E-state index in [4.69, 9.17) is 12.2 Å². The predicted octanol–water partition coefficient (Wildman–Crippen LogP) is 3.42. The second-order valence-corrected chi connectivity index (χ2v) is 6.28. The molecule has 7 heteroatoms. The zero-order valence-corrected chi connectivity index (χ0v) is 14.3. The van der Waals surface area contributed by atoms with Crippen molar-refractivity contribution in [3.05, 3.63) is 39.4 Å². The van der Waals surface area contributed by atoms with Crippen molar-refractivity contribution >= 4 is 28.7 Å². The molecule has 1 aromatic carbocycles. The molecule has 0 bridgehead atoms. The van der Waals surface area contributed by atoms with E-state index in [0.29, 0.717) is 28.0 Å². The summed E-state index contributed by atoms with van der Waals surface area (Å²) in [4.78, 5) is 10.6. The van der Waals surface area contributed by atoms with Crippen molar-refractivity contribution in [2.45, 2.75) is 52.0 Å². The molecule has 0 aromatic heterocycles. The van der Waals surface area contributed by atoms with Gasteiger partial charge in [0.05, 0.1) is 10.6 Å². The fourth-order valence-electron chi connectivity index (χ4n) is 2.69. The van der Waals surface area contributed by atoms with Crippen LogP contribution in [0.15, 0.2) is 23.3 Å². The van der Waals surface area contributed by atoms with E-state index in [-0.39, 0.29) is 10.6 Å². The highest BCUT2D eigenvalue weighted by Crippen LogP contribution is 2.20.